The Kier molecular flexibility index (Phi) is 1.71. The van der Waals surface area contributed by atoms with Crippen molar-refractivity contribution in [3.05, 3.63) is 23.5 Å². The van der Waals surface area contributed by atoms with E-state index in [0.717, 1.165) is 12.8 Å². The number of benzene rings is 1. The lowest BCUT2D eigenvalue weighted by Gasteiger charge is -2.10. The molecule has 1 saturated carbocycles. The molecule has 2 N–H and O–H groups in total. The Morgan fingerprint density at radius 2 is 2.13 bits per heavy atom. The lowest BCUT2D eigenvalue weighted by atomic mass is 10.0. The molecule has 0 unspecified atom stereocenters. The first-order valence-corrected chi connectivity index (χ1v) is 5.04. The molecule has 1 heterocycles. The molecule has 0 amide bonds. The van der Waals surface area contributed by atoms with Gasteiger partial charge in [0.2, 0.25) is 12.5 Å². The van der Waals surface area contributed by atoms with Crippen molar-refractivity contribution >= 4 is 0 Å². The third-order valence-electron chi connectivity index (χ3n) is 2.99. The van der Waals surface area contributed by atoms with Crippen molar-refractivity contribution in [3.63, 3.8) is 0 Å². The van der Waals surface area contributed by atoms with Crippen LogP contribution in [-0.4, -0.2) is 12.3 Å². The molecule has 1 aliphatic heterocycles. The highest BCUT2D eigenvalue weighted by Crippen LogP contribution is 2.40. The van der Waals surface area contributed by atoms with Gasteiger partial charge in [0, 0.05) is 5.54 Å². The fraction of sp³-hybridized carbons (Fsp3) is 0.455. The molecule has 0 aromatic heterocycles. The van der Waals surface area contributed by atoms with Gasteiger partial charge in [0.1, 0.15) is 0 Å². The molecule has 1 aliphatic carbocycles. The van der Waals surface area contributed by atoms with Crippen molar-refractivity contribution in [1.29, 1.82) is 0 Å². The monoisotopic (exact) mass is 209 g/mol. The first-order chi connectivity index (χ1) is 7.18. The number of nitrogens with two attached hydrogens (primary N) is 1. The summed E-state index contributed by atoms with van der Waals surface area (Å²) < 4.78 is 24.0. The van der Waals surface area contributed by atoms with Gasteiger partial charge in [0.05, 0.1) is 0 Å². The molecule has 0 spiro atoms. The van der Waals surface area contributed by atoms with Crippen LogP contribution in [-0.2, 0) is 6.42 Å². The molecule has 4 heteroatoms. The van der Waals surface area contributed by atoms with Crippen molar-refractivity contribution in [1.82, 2.24) is 0 Å². The second-order valence-corrected chi connectivity index (χ2v) is 4.31. The SMILES string of the molecule is NC1(Cc2ccc3c(c2F)OCO3)CC1. The maximum absolute atomic E-state index is 13.9. The van der Waals surface area contributed by atoms with E-state index in [-0.39, 0.29) is 23.9 Å². The van der Waals surface area contributed by atoms with E-state index in [2.05, 4.69) is 0 Å². The van der Waals surface area contributed by atoms with Crippen molar-refractivity contribution < 1.29 is 13.9 Å². The van der Waals surface area contributed by atoms with Crippen molar-refractivity contribution in [3.8, 4) is 11.5 Å². The maximum atomic E-state index is 13.9. The molecule has 0 radical (unpaired) electrons. The van der Waals surface area contributed by atoms with E-state index >= 15 is 0 Å². The first kappa shape index (κ1) is 8.97. The highest BCUT2D eigenvalue weighted by atomic mass is 19.1. The molecular formula is C11H12FNO2. The molecule has 1 aromatic rings. The standard InChI is InChI=1S/C11H12FNO2/c12-9-7(5-11(13)3-4-11)1-2-8-10(9)15-6-14-8/h1-2H,3-6,13H2. The smallest absolute Gasteiger partial charge is 0.231 e. The summed E-state index contributed by atoms with van der Waals surface area (Å²) >= 11 is 0. The van der Waals surface area contributed by atoms with Crippen LogP contribution < -0.4 is 15.2 Å². The van der Waals surface area contributed by atoms with E-state index in [4.69, 9.17) is 15.2 Å². The summed E-state index contributed by atoms with van der Waals surface area (Å²) in [5, 5.41) is 0. The predicted octanol–water partition coefficient (Wildman–Crippen LogP) is 1.59. The van der Waals surface area contributed by atoms with Gasteiger partial charge in [-0.2, -0.15) is 0 Å². The zero-order valence-electron chi connectivity index (χ0n) is 8.25. The molecule has 3 nitrogen and oxygen atoms in total. The summed E-state index contributed by atoms with van der Waals surface area (Å²) in [4.78, 5) is 0. The zero-order valence-corrected chi connectivity index (χ0v) is 8.25. The second kappa shape index (κ2) is 2.85. The van der Waals surface area contributed by atoms with Gasteiger partial charge in [-0.25, -0.2) is 4.39 Å². The number of hydrogen-bond acceptors (Lipinski definition) is 3. The number of halogens is 1. The molecule has 1 fully saturated rings. The van der Waals surface area contributed by atoms with Crippen LogP contribution in [0, 0.1) is 5.82 Å². The topological polar surface area (TPSA) is 44.5 Å². The lowest BCUT2D eigenvalue weighted by Crippen LogP contribution is -2.25. The van der Waals surface area contributed by atoms with Gasteiger partial charge >= 0.3 is 0 Å². The van der Waals surface area contributed by atoms with E-state index in [1.807, 2.05) is 0 Å². The van der Waals surface area contributed by atoms with Crippen LogP contribution in [0.5, 0.6) is 11.5 Å². The van der Waals surface area contributed by atoms with Gasteiger partial charge < -0.3 is 15.2 Å². The van der Waals surface area contributed by atoms with Crippen LogP contribution in [0.15, 0.2) is 12.1 Å². The quantitative estimate of drug-likeness (QED) is 0.804. The van der Waals surface area contributed by atoms with Crippen molar-refractivity contribution in [2.75, 3.05) is 6.79 Å². The van der Waals surface area contributed by atoms with Crippen LogP contribution in [0.3, 0.4) is 0 Å². The van der Waals surface area contributed by atoms with Gasteiger partial charge in [-0.3, -0.25) is 0 Å². The van der Waals surface area contributed by atoms with Crippen LogP contribution in [0.2, 0.25) is 0 Å². The molecule has 80 valence electrons. The highest BCUT2D eigenvalue weighted by molar-refractivity contribution is 5.46. The van der Waals surface area contributed by atoms with E-state index in [1.54, 1.807) is 12.1 Å². The average molecular weight is 209 g/mol. The average Bonchev–Trinajstić information content (AvgIpc) is 2.78. The van der Waals surface area contributed by atoms with Crippen LogP contribution in [0.1, 0.15) is 18.4 Å². The Labute approximate surface area is 87.0 Å². The predicted molar refractivity (Wildman–Crippen MR) is 52.4 cm³/mol. The minimum atomic E-state index is -0.318. The van der Waals surface area contributed by atoms with Gasteiger partial charge in [-0.15, -0.1) is 0 Å². The Hall–Kier alpha value is -1.29. The maximum Gasteiger partial charge on any atom is 0.231 e. The van der Waals surface area contributed by atoms with Gasteiger partial charge in [0.15, 0.2) is 11.6 Å². The third-order valence-corrected chi connectivity index (χ3v) is 2.99. The van der Waals surface area contributed by atoms with Gasteiger partial charge in [-0.1, -0.05) is 6.07 Å². The zero-order chi connectivity index (χ0) is 10.5. The molecule has 0 saturated heterocycles. The summed E-state index contributed by atoms with van der Waals surface area (Å²) in [6.07, 6.45) is 2.53. The van der Waals surface area contributed by atoms with E-state index in [9.17, 15) is 4.39 Å². The molecule has 3 rings (SSSR count). The summed E-state index contributed by atoms with van der Waals surface area (Å²) in [5.74, 6) is 0.400. The van der Waals surface area contributed by atoms with E-state index < -0.39 is 0 Å². The largest absolute Gasteiger partial charge is 0.453 e. The second-order valence-electron chi connectivity index (χ2n) is 4.31. The highest BCUT2D eigenvalue weighted by Gasteiger charge is 2.39. The summed E-state index contributed by atoms with van der Waals surface area (Å²) in [7, 11) is 0. The van der Waals surface area contributed by atoms with Gasteiger partial charge in [-0.05, 0) is 30.9 Å². The van der Waals surface area contributed by atoms with Crippen molar-refractivity contribution in [2.24, 2.45) is 5.73 Å². The Morgan fingerprint density at radius 3 is 2.87 bits per heavy atom. The van der Waals surface area contributed by atoms with E-state index in [0.29, 0.717) is 17.7 Å². The molecule has 2 aliphatic rings. The Bertz CT molecular complexity index is 415. The van der Waals surface area contributed by atoms with Crippen LogP contribution >= 0.6 is 0 Å². The fourth-order valence-corrected chi connectivity index (χ4v) is 1.83. The van der Waals surface area contributed by atoms with Crippen LogP contribution in [0.4, 0.5) is 4.39 Å². The Balaban J connectivity index is 1.95. The Morgan fingerprint density at radius 1 is 1.33 bits per heavy atom. The normalized spacial score (nSPS) is 20.4. The number of ether oxygens (including phenoxy) is 2. The first-order valence-electron chi connectivity index (χ1n) is 5.04. The third kappa shape index (κ3) is 1.45. The molecule has 0 bridgehead atoms. The minimum absolute atomic E-state index is 0.101. The number of fused-ring (bicyclic) bond motifs is 1. The molecule has 15 heavy (non-hydrogen) atoms. The number of rotatable bonds is 2. The number of hydrogen-bond donors (Lipinski definition) is 1. The van der Waals surface area contributed by atoms with Gasteiger partial charge in [0.25, 0.3) is 0 Å². The summed E-state index contributed by atoms with van der Waals surface area (Å²) in [6.45, 7) is 0.101. The molecular weight excluding hydrogens is 197 g/mol. The van der Waals surface area contributed by atoms with Crippen molar-refractivity contribution in [2.45, 2.75) is 24.8 Å². The summed E-state index contributed by atoms with van der Waals surface area (Å²) in [5.41, 5.74) is 6.39. The molecule has 1 aromatic carbocycles. The van der Waals surface area contributed by atoms with Crippen LogP contribution in [0.25, 0.3) is 0 Å². The molecule has 0 atom stereocenters. The minimum Gasteiger partial charge on any atom is -0.453 e. The fourth-order valence-electron chi connectivity index (χ4n) is 1.83. The summed E-state index contributed by atoms with van der Waals surface area (Å²) in [6, 6.07) is 3.47. The van der Waals surface area contributed by atoms with E-state index in [1.165, 1.54) is 0 Å². The lowest BCUT2D eigenvalue weighted by molar-refractivity contribution is 0.170.